The molecular weight excluding hydrogens is 375 g/mol. The fourth-order valence-corrected chi connectivity index (χ4v) is 4.15. The van der Waals surface area contributed by atoms with Crippen molar-refractivity contribution in [1.29, 1.82) is 0 Å². The van der Waals surface area contributed by atoms with E-state index in [-0.39, 0.29) is 11.2 Å². The van der Waals surface area contributed by atoms with Crippen molar-refractivity contribution in [3.8, 4) is 5.69 Å². The third kappa shape index (κ3) is 4.93. The van der Waals surface area contributed by atoms with Crippen LogP contribution in [0, 0.1) is 0 Å². The highest BCUT2D eigenvalue weighted by atomic mass is 19.4. The minimum absolute atomic E-state index is 0.0498. The Balaban J connectivity index is 3.01. The minimum atomic E-state index is -4.52. The van der Waals surface area contributed by atoms with Crippen LogP contribution in [-0.4, -0.2) is 4.57 Å². The number of hydrogen-bond donors (Lipinski definition) is 0. The average molecular weight is 408 g/mol. The molecule has 0 aliphatic carbocycles. The van der Waals surface area contributed by atoms with Crippen LogP contribution in [0.3, 0.4) is 0 Å². The topological polar surface area (TPSA) is 22.0 Å². The second kappa shape index (κ2) is 10.1. The molecule has 0 N–H and O–H groups in total. The number of hydrogen-bond acceptors (Lipinski definition) is 1. The lowest BCUT2D eigenvalue weighted by Gasteiger charge is -2.25. The van der Waals surface area contributed by atoms with Crippen molar-refractivity contribution < 1.29 is 13.2 Å². The Bertz CT molecular complexity index is 881. The quantitative estimate of drug-likeness (QED) is 0.455. The fraction of sp³-hybridized carbons (Fsp3) is 0.542. The van der Waals surface area contributed by atoms with Crippen LogP contribution in [0.2, 0.25) is 0 Å². The lowest BCUT2D eigenvalue weighted by Crippen LogP contribution is -2.31. The SMILES string of the molecule is CCCc1c(CCC)c(CCC)n(-c2ccccc2C(F)(F)F)c(=O)c1CCC. The van der Waals surface area contributed by atoms with E-state index in [4.69, 9.17) is 0 Å². The van der Waals surface area contributed by atoms with E-state index in [0.29, 0.717) is 18.4 Å². The largest absolute Gasteiger partial charge is 0.418 e. The molecule has 1 aromatic carbocycles. The molecule has 0 aliphatic rings. The maximum absolute atomic E-state index is 13.8. The van der Waals surface area contributed by atoms with Crippen molar-refractivity contribution in [2.45, 2.75) is 85.2 Å². The molecule has 5 heteroatoms. The van der Waals surface area contributed by atoms with Crippen LogP contribution < -0.4 is 5.56 Å². The molecule has 0 radical (unpaired) electrons. The van der Waals surface area contributed by atoms with Gasteiger partial charge in [-0.1, -0.05) is 65.5 Å². The molecule has 0 saturated heterocycles. The summed E-state index contributed by atoms with van der Waals surface area (Å²) >= 11 is 0. The second-order valence-electron chi connectivity index (χ2n) is 7.54. The number of aromatic nitrogens is 1. The summed E-state index contributed by atoms with van der Waals surface area (Å²) in [6.07, 6.45) is 1.56. The van der Waals surface area contributed by atoms with Crippen LogP contribution in [0.1, 0.15) is 81.3 Å². The molecule has 0 fully saturated rings. The number of rotatable bonds is 9. The first-order chi connectivity index (χ1) is 13.8. The van der Waals surface area contributed by atoms with Gasteiger partial charge >= 0.3 is 6.18 Å². The zero-order chi connectivity index (χ0) is 21.6. The van der Waals surface area contributed by atoms with Gasteiger partial charge in [-0.3, -0.25) is 9.36 Å². The van der Waals surface area contributed by atoms with Gasteiger partial charge in [0.15, 0.2) is 0 Å². The molecular formula is C24H32F3NO. The van der Waals surface area contributed by atoms with Gasteiger partial charge in [-0.2, -0.15) is 13.2 Å². The van der Waals surface area contributed by atoms with E-state index in [9.17, 15) is 18.0 Å². The molecule has 2 nitrogen and oxygen atoms in total. The highest BCUT2D eigenvalue weighted by Crippen LogP contribution is 2.35. The van der Waals surface area contributed by atoms with Gasteiger partial charge in [-0.15, -0.1) is 0 Å². The first-order valence-corrected chi connectivity index (χ1v) is 10.8. The van der Waals surface area contributed by atoms with Gasteiger partial charge in [0.25, 0.3) is 5.56 Å². The van der Waals surface area contributed by atoms with E-state index in [2.05, 4.69) is 13.8 Å². The number of para-hydroxylation sites is 1. The smallest absolute Gasteiger partial charge is 0.280 e. The lowest BCUT2D eigenvalue weighted by molar-refractivity contribution is -0.137. The molecule has 160 valence electrons. The molecule has 2 rings (SSSR count). The molecule has 2 aromatic rings. The first-order valence-electron chi connectivity index (χ1n) is 10.8. The van der Waals surface area contributed by atoms with E-state index < -0.39 is 11.7 Å². The monoisotopic (exact) mass is 407 g/mol. The van der Waals surface area contributed by atoms with Crippen molar-refractivity contribution in [3.05, 3.63) is 62.6 Å². The molecule has 0 aliphatic heterocycles. The Labute approximate surface area is 171 Å². The van der Waals surface area contributed by atoms with Gasteiger partial charge in [-0.25, -0.2) is 0 Å². The Morgan fingerprint density at radius 3 is 1.83 bits per heavy atom. The maximum Gasteiger partial charge on any atom is 0.418 e. The van der Waals surface area contributed by atoms with Crippen molar-refractivity contribution >= 4 is 0 Å². The van der Waals surface area contributed by atoms with E-state index in [0.717, 1.165) is 61.4 Å². The Kier molecular flexibility index (Phi) is 8.12. The van der Waals surface area contributed by atoms with Gasteiger partial charge in [0.2, 0.25) is 0 Å². The molecule has 0 atom stereocenters. The summed E-state index contributed by atoms with van der Waals surface area (Å²) in [4.78, 5) is 13.6. The number of halogens is 3. The number of benzene rings is 1. The lowest BCUT2D eigenvalue weighted by atomic mass is 9.90. The molecule has 0 saturated carbocycles. The van der Waals surface area contributed by atoms with Gasteiger partial charge in [-0.05, 0) is 48.9 Å². The number of pyridine rings is 1. The van der Waals surface area contributed by atoms with Crippen LogP contribution in [0.25, 0.3) is 5.69 Å². The standard InChI is InChI=1S/C24H32F3NO/c1-5-11-17-18(12-6-2)21(14-8-4)28(23(29)19(17)13-7-3)22-16-10-9-15-20(22)24(25,26)27/h9-10,15-16H,5-8,11-14H2,1-4H3. The summed E-state index contributed by atoms with van der Waals surface area (Å²) in [5, 5.41) is 0. The molecule has 29 heavy (non-hydrogen) atoms. The molecule has 0 amide bonds. The van der Waals surface area contributed by atoms with Gasteiger partial charge < -0.3 is 0 Å². The number of alkyl halides is 3. The van der Waals surface area contributed by atoms with Crippen LogP contribution >= 0.6 is 0 Å². The fourth-order valence-electron chi connectivity index (χ4n) is 4.15. The molecule has 1 aromatic heterocycles. The summed E-state index contributed by atoms with van der Waals surface area (Å²) in [5.74, 6) is 0. The Morgan fingerprint density at radius 1 is 0.759 bits per heavy atom. The van der Waals surface area contributed by atoms with Gasteiger partial charge in [0.05, 0.1) is 11.3 Å². The number of nitrogens with zero attached hydrogens (tertiary/aromatic N) is 1. The minimum Gasteiger partial charge on any atom is -0.280 e. The average Bonchev–Trinajstić information content (AvgIpc) is 2.67. The van der Waals surface area contributed by atoms with E-state index in [1.165, 1.54) is 16.7 Å². The molecule has 0 bridgehead atoms. The Hall–Kier alpha value is -2.04. The third-order valence-electron chi connectivity index (χ3n) is 5.25. The summed E-state index contributed by atoms with van der Waals surface area (Å²) in [6, 6.07) is 5.44. The van der Waals surface area contributed by atoms with Crippen LogP contribution in [-0.2, 0) is 31.9 Å². The molecule has 0 unspecified atom stereocenters. The zero-order valence-electron chi connectivity index (χ0n) is 18.0. The molecule has 0 spiro atoms. The van der Waals surface area contributed by atoms with Crippen molar-refractivity contribution in [1.82, 2.24) is 4.57 Å². The van der Waals surface area contributed by atoms with Crippen LogP contribution in [0.15, 0.2) is 29.1 Å². The predicted octanol–water partition coefficient (Wildman–Crippen LogP) is 6.67. The Morgan fingerprint density at radius 2 is 1.28 bits per heavy atom. The predicted molar refractivity (Wildman–Crippen MR) is 113 cm³/mol. The summed E-state index contributed by atoms with van der Waals surface area (Å²) < 4.78 is 42.7. The van der Waals surface area contributed by atoms with E-state index >= 15 is 0 Å². The highest BCUT2D eigenvalue weighted by molar-refractivity contribution is 5.49. The second-order valence-corrected chi connectivity index (χ2v) is 7.54. The first kappa shape index (κ1) is 23.2. The maximum atomic E-state index is 13.8. The van der Waals surface area contributed by atoms with Crippen molar-refractivity contribution in [2.24, 2.45) is 0 Å². The summed E-state index contributed by atoms with van der Waals surface area (Å²) in [5.41, 5.74) is 2.50. The van der Waals surface area contributed by atoms with Gasteiger partial charge in [0.1, 0.15) is 0 Å². The normalized spacial score (nSPS) is 11.8. The summed E-state index contributed by atoms with van der Waals surface area (Å²) in [7, 11) is 0. The van der Waals surface area contributed by atoms with Crippen molar-refractivity contribution in [3.63, 3.8) is 0 Å². The van der Waals surface area contributed by atoms with E-state index in [1.807, 2.05) is 13.8 Å². The van der Waals surface area contributed by atoms with Crippen LogP contribution in [0.4, 0.5) is 13.2 Å². The van der Waals surface area contributed by atoms with Crippen LogP contribution in [0.5, 0.6) is 0 Å². The van der Waals surface area contributed by atoms with Gasteiger partial charge in [0, 0.05) is 11.3 Å². The molecule has 1 heterocycles. The highest BCUT2D eigenvalue weighted by Gasteiger charge is 2.35. The zero-order valence-corrected chi connectivity index (χ0v) is 18.0. The summed E-state index contributed by atoms with van der Waals surface area (Å²) in [6.45, 7) is 8.15. The third-order valence-corrected chi connectivity index (χ3v) is 5.25. The van der Waals surface area contributed by atoms with E-state index in [1.54, 1.807) is 6.07 Å². The van der Waals surface area contributed by atoms with Crippen molar-refractivity contribution in [2.75, 3.05) is 0 Å².